The number of benzene rings is 1. The molecule has 0 aliphatic heterocycles. The topological polar surface area (TPSA) is 99.0 Å². The van der Waals surface area contributed by atoms with E-state index in [2.05, 4.69) is 21.2 Å². The van der Waals surface area contributed by atoms with E-state index in [0.29, 0.717) is 11.3 Å². The van der Waals surface area contributed by atoms with Gasteiger partial charge < -0.3 is 25.4 Å². The number of aliphatic hydroxyl groups is 3. The average molecular weight is 360 g/mol. The van der Waals surface area contributed by atoms with E-state index in [-0.39, 0.29) is 0 Å². The summed E-state index contributed by atoms with van der Waals surface area (Å²) in [6.07, 6.45) is 2.77. The number of nitrogens with one attached hydrogen (secondary N) is 1. The second kappa shape index (κ2) is 8.14. The van der Waals surface area contributed by atoms with Crippen LogP contribution in [0.5, 0.6) is 5.75 Å². The summed E-state index contributed by atoms with van der Waals surface area (Å²) in [4.78, 5) is 11.8. The fourth-order valence-corrected chi connectivity index (χ4v) is 1.95. The first kappa shape index (κ1) is 17.6. The highest BCUT2D eigenvalue weighted by Crippen LogP contribution is 2.24. The normalized spacial score (nSPS) is 11.7. The first-order valence-corrected chi connectivity index (χ1v) is 6.96. The van der Waals surface area contributed by atoms with E-state index < -0.39 is 31.3 Å². The van der Waals surface area contributed by atoms with E-state index in [4.69, 9.17) is 20.1 Å². The maximum Gasteiger partial charge on any atom is 0.244 e. The quantitative estimate of drug-likeness (QED) is 0.525. The number of amides is 1. The van der Waals surface area contributed by atoms with Gasteiger partial charge in [0.05, 0.1) is 26.9 Å². The van der Waals surface area contributed by atoms with Crippen molar-refractivity contribution in [2.75, 3.05) is 26.9 Å². The van der Waals surface area contributed by atoms with Crippen LogP contribution in [-0.4, -0.2) is 53.7 Å². The van der Waals surface area contributed by atoms with Crippen molar-refractivity contribution in [2.45, 2.75) is 5.54 Å². The standard InChI is InChI=1S/C14H18BrNO5/c1-21-12-4-3-11(15)6-10(12)2-5-13(20)16-14(7-17,8-18)9-19/h2-6,17-19H,7-9H2,1H3,(H,16,20)/b5-2+. The van der Waals surface area contributed by atoms with E-state index in [1.165, 1.54) is 19.3 Å². The van der Waals surface area contributed by atoms with E-state index in [1.807, 2.05) is 6.07 Å². The summed E-state index contributed by atoms with van der Waals surface area (Å²) in [5, 5.41) is 29.8. The Morgan fingerprint density at radius 3 is 2.48 bits per heavy atom. The molecule has 0 spiro atoms. The van der Waals surface area contributed by atoms with Crippen LogP contribution in [0.4, 0.5) is 0 Å². The van der Waals surface area contributed by atoms with Crippen molar-refractivity contribution in [1.29, 1.82) is 0 Å². The van der Waals surface area contributed by atoms with Gasteiger partial charge in [0.25, 0.3) is 0 Å². The Bertz CT molecular complexity index is 506. The fourth-order valence-electron chi connectivity index (χ4n) is 1.57. The van der Waals surface area contributed by atoms with Crippen LogP contribution >= 0.6 is 15.9 Å². The van der Waals surface area contributed by atoms with E-state index in [9.17, 15) is 4.79 Å². The third-order valence-corrected chi connectivity index (χ3v) is 3.40. The van der Waals surface area contributed by atoms with Crippen LogP contribution in [0.15, 0.2) is 28.7 Å². The van der Waals surface area contributed by atoms with Crippen LogP contribution in [0.2, 0.25) is 0 Å². The number of carbonyl (C=O) groups is 1. The predicted molar refractivity (Wildman–Crippen MR) is 81.9 cm³/mol. The summed E-state index contributed by atoms with van der Waals surface area (Å²) >= 11 is 3.33. The molecule has 116 valence electrons. The second-order valence-corrected chi connectivity index (χ2v) is 5.38. The molecule has 0 fully saturated rings. The monoisotopic (exact) mass is 359 g/mol. The van der Waals surface area contributed by atoms with Crippen molar-refractivity contribution in [2.24, 2.45) is 0 Å². The number of ether oxygens (including phenoxy) is 1. The number of hydrogen-bond acceptors (Lipinski definition) is 5. The molecule has 21 heavy (non-hydrogen) atoms. The number of methoxy groups -OCH3 is 1. The van der Waals surface area contributed by atoms with Crippen LogP contribution in [0.3, 0.4) is 0 Å². The molecule has 1 amide bonds. The SMILES string of the molecule is COc1ccc(Br)cc1/C=C/C(=O)NC(CO)(CO)CO. The van der Waals surface area contributed by atoms with Crippen molar-refractivity contribution in [3.8, 4) is 5.75 Å². The first-order chi connectivity index (χ1) is 10.00. The second-order valence-electron chi connectivity index (χ2n) is 4.46. The summed E-state index contributed by atoms with van der Waals surface area (Å²) < 4.78 is 6.01. The molecule has 0 aromatic heterocycles. The zero-order valence-corrected chi connectivity index (χ0v) is 13.1. The van der Waals surface area contributed by atoms with Crippen LogP contribution in [-0.2, 0) is 4.79 Å². The summed E-state index contributed by atoms with van der Waals surface area (Å²) in [5.41, 5.74) is -0.757. The summed E-state index contributed by atoms with van der Waals surface area (Å²) in [6, 6.07) is 5.34. The van der Waals surface area contributed by atoms with Gasteiger partial charge in [-0.3, -0.25) is 4.79 Å². The molecule has 0 aliphatic carbocycles. The molecule has 7 heteroatoms. The summed E-state index contributed by atoms with van der Waals surface area (Å²) in [6.45, 7) is -1.71. The van der Waals surface area contributed by atoms with Gasteiger partial charge in [-0.1, -0.05) is 15.9 Å². The molecular formula is C14H18BrNO5. The Morgan fingerprint density at radius 2 is 1.95 bits per heavy atom. The number of hydrogen-bond donors (Lipinski definition) is 4. The van der Waals surface area contributed by atoms with Gasteiger partial charge in [-0.2, -0.15) is 0 Å². The maximum atomic E-state index is 11.8. The van der Waals surface area contributed by atoms with Crippen molar-refractivity contribution >= 4 is 27.9 Å². The molecule has 4 N–H and O–H groups in total. The van der Waals surface area contributed by atoms with Gasteiger partial charge in [-0.25, -0.2) is 0 Å². The molecule has 0 bridgehead atoms. The molecule has 0 radical (unpaired) electrons. The Morgan fingerprint density at radius 1 is 1.33 bits per heavy atom. The molecule has 0 unspecified atom stereocenters. The lowest BCUT2D eigenvalue weighted by atomic mass is 10.0. The van der Waals surface area contributed by atoms with Gasteiger partial charge in [-0.05, 0) is 24.3 Å². The highest BCUT2D eigenvalue weighted by molar-refractivity contribution is 9.10. The Kier molecular flexibility index (Phi) is 6.83. The molecular weight excluding hydrogens is 342 g/mol. The highest BCUT2D eigenvalue weighted by Gasteiger charge is 2.29. The Hall–Kier alpha value is -1.41. The minimum Gasteiger partial charge on any atom is -0.496 e. The largest absolute Gasteiger partial charge is 0.496 e. The van der Waals surface area contributed by atoms with Crippen LogP contribution in [0.1, 0.15) is 5.56 Å². The van der Waals surface area contributed by atoms with Gasteiger partial charge in [-0.15, -0.1) is 0 Å². The maximum absolute atomic E-state index is 11.8. The molecule has 1 rings (SSSR count). The van der Waals surface area contributed by atoms with Crippen LogP contribution in [0.25, 0.3) is 6.08 Å². The first-order valence-electron chi connectivity index (χ1n) is 6.16. The number of aliphatic hydroxyl groups excluding tert-OH is 3. The number of rotatable bonds is 7. The zero-order valence-electron chi connectivity index (χ0n) is 11.5. The fraction of sp³-hybridized carbons (Fsp3) is 0.357. The number of carbonyl (C=O) groups excluding carboxylic acids is 1. The van der Waals surface area contributed by atoms with Gasteiger partial charge in [0, 0.05) is 16.1 Å². The molecule has 6 nitrogen and oxygen atoms in total. The molecule has 0 heterocycles. The average Bonchev–Trinajstić information content (AvgIpc) is 2.51. The highest BCUT2D eigenvalue weighted by atomic mass is 79.9. The lowest BCUT2D eigenvalue weighted by Crippen LogP contribution is -2.56. The third kappa shape index (κ3) is 4.82. The van der Waals surface area contributed by atoms with E-state index >= 15 is 0 Å². The lowest BCUT2D eigenvalue weighted by Gasteiger charge is -2.27. The van der Waals surface area contributed by atoms with Gasteiger partial charge in [0.15, 0.2) is 0 Å². The molecule has 0 atom stereocenters. The van der Waals surface area contributed by atoms with Crippen LogP contribution in [0, 0.1) is 0 Å². The third-order valence-electron chi connectivity index (χ3n) is 2.90. The zero-order chi connectivity index (χ0) is 15.9. The molecule has 0 aliphatic rings. The lowest BCUT2D eigenvalue weighted by molar-refractivity contribution is -0.120. The molecule has 0 saturated heterocycles. The number of halogens is 1. The summed E-state index contributed by atoms with van der Waals surface area (Å²) in [7, 11) is 1.52. The van der Waals surface area contributed by atoms with E-state index in [1.54, 1.807) is 12.1 Å². The van der Waals surface area contributed by atoms with Crippen molar-refractivity contribution in [3.05, 3.63) is 34.3 Å². The van der Waals surface area contributed by atoms with Crippen molar-refractivity contribution in [3.63, 3.8) is 0 Å². The smallest absolute Gasteiger partial charge is 0.244 e. The molecule has 1 aromatic rings. The predicted octanol–water partition coefficient (Wildman–Crippen LogP) is 0.303. The van der Waals surface area contributed by atoms with Crippen molar-refractivity contribution < 1.29 is 24.9 Å². The van der Waals surface area contributed by atoms with Crippen LogP contribution < -0.4 is 10.1 Å². The Labute approximate surface area is 131 Å². The minimum absolute atomic E-state index is 0.547. The van der Waals surface area contributed by atoms with E-state index in [0.717, 1.165) is 4.47 Å². The molecule has 1 aromatic carbocycles. The molecule has 0 saturated carbocycles. The Balaban J connectivity index is 2.85. The van der Waals surface area contributed by atoms with Gasteiger partial charge in [0.1, 0.15) is 11.3 Å². The van der Waals surface area contributed by atoms with Gasteiger partial charge in [0.2, 0.25) is 5.91 Å². The minimum atomic E-state index is -1.44. The summed E-state index contributed by atoms with van der Waals surface area (Å²) in [5.74, 6) is 0.0502. The van der Waals surface area contributed by atoms with Crippen molar-refractivity contribution in [1.82, 2.24) is 5.32 Å². The van der Waals surface area contributed by atoms with Gasteiger partial charge >= 0.3 is 0 Å².